The quantitative estimate of drug-likeness (QED) is 0.406. The highest BCUT2D eigenvalue weighted by Crippen LogP contribution is 2.30. The van der Waals surface area contributed by atoms with Crippen LogP contribution in [0.2, 0.25) is 0 Å². The lowest BCUT2D eigenvalue weighted by Gasteiger charge is -2.06. The van der Waals surface area contributed by atoms with E-state index in [0.717, 1.165) is 10.9 Å². The van der Waals surface area contributed by atoms with Crippen molar-refractivity contribution in [1.82, 2.24) is 19.3 Å². The molecule has 0 saturated heterocycles. The molecule has 0 N–H and O–H groups in total. The molecule has 154 valence electrons. The van der Waals surface area contributed by atoms with Crippen LogP contribution < -0.4 is 10.3 Å². The predicted molar refractivity (Wildman–Crippen MR) is 112 cm³/mol. The van der Waals surface area contributed by atoms with Crippen molar-refractivity contribution in [1.29, 1.82) is 0 Å². The summed E-state index contributed by atoms with van der Waals surface area (Å²) < 4.78 is 36.0. The molecule has 0 atom stereocenters. The van der Waals surface area contributed by atoms with E-state index < -0.39 is 5.95 Å². The highest BCUT2D eigenvalue weighted by atomic mass is 19.1. The summed E-state index contributed by atoms with van der Waals surface area (Å²) in [5, 5.41) is 5.65. The third kappa shape index (κ3) is 3.31. The number of hydrogen-bond donors (Lipinski definition) is 0. The number of pyridine rings is 1. The molecule has 0 saturated carbocycles. The standard InChI is InChI=1S/C23H16F2N4O2/c1-28-19-10-9-15(31-21-8-4-7-20(25)27-21)11-16(19)17-12-26-29(23(30)22(17)28)13-14-5-2-3-6-18(14)24/h2-12H,13H2,1H3. The first-order valence-electron chi connectivity index (χ1n) is 9.53. The van der Waals surface area contributed by atoms with E-state index in [1.54, 1.807) is 54.2 Å². The molecule has 3 heterocycles. The molecule has 0 radical (unpaired) electrons. The third-order valence-corrected chi connectivity index (χ3v) is 5.16. The van der Waals surface area contributed by atoms with Crippen molar-refractivity contribution in [2.75, 3.05) is 0 Å². The number of fused-ring (bicyclic) bond motifs is 3. The van der Waals surface area contributed by atoms with E-state index in [2.05, 4.69) is 10.1 Å². The highest BCUT2D eigenvalue weighted by molar-refractivity contribution is 6.07. The number of benzene rings is 2. The highest BCUT2D eigenvalue weighted by Gasteiger charge is 2.16. The molecule has 0 aliphatic heterocycles. The topological polar surface area (TPSA) is 61.9 Å². The van der Waals surface area contributed by atoms with Crippen LogP contribution in [0.4, 0.5) is 8.78 Å². The van der Waals surface area contributed by atoms with Crippen LogP contribution in [0, 0.1) is 11.8 Å². The summed E-state index contributed by atoms with van der Waals surface area (Å²) in [6.45, 7) is 0.0303. The van der Waals surface area contributed by atoms with Crippen molar-refractivity contribution in [3.05, 3.63) is 94.5 Å². The van der Waals surface area contributed by atoms with Crippen molar-refractivity contribution >= 4 is 21.8 Å². The van der Waals surface area contributed by atoms with Gasteiger partial charge in [0, 0.05) is 35.0 Å². The van der Waals surface area contributed by atoms with Crippen molar-refractivity contribution in [3.8, 4) is 11.6 Å². The molecule has 0 unspecified atom stereocenters. The van der Waals surface area contributed by atoms with Crippen LogP contribution >= 0.6 is 0 Å². The van der Waals surface area contributed by atoms with Crippen LogP contribution in [0.25, 0.3) is 21.8 Å². The normalized spacial score (nSPS) is 11.3. The van der Waals surface area contributed by atoms with Crippen LogP contribution in [0.1, 0.15) is 5.56 Å². The number of aryl methyl sites for hydroxylation is 1. The fourth-order valence-electron chi connectivity index (χ4n) is 3.67. The molecule has 0 aliphatic rings. The fourth-order valence-corrected chi connectivity index (χ4v) is 3.67. The average Bonchev–Trinajstić information content (AvgIpc) is 3.04. The maximum atomic E-state index is 14.0. The van der Waals surface area contributed by atoms with Gasteiger partial charge in [-0.25, -0.2) is 9.07 Å². The minimum absolute atomic E-state index is 0.0303. The van der Waals surface area contributed by atoms with Crippen LogP contribution in [0.3, 0.4) is 0 Å². The largest absolute Gasteiger partial charge is 0.439 e. The molecule has 8 heteroatoms. The summed E-state index contributed by atoms with van der Waals surface area (Å²) in [6, 6.07) is 15.9. The van der Waals surface area contributed by atoms with Gasteiger partial charge in [0.05, 0.1) is 12.7 Å². The molecule has 0 fully saturated rings. The summed E-state index contributed by atoms with van der Waals surface area (Å²) in [7, 11) is 1.79. The van der Waals surface area contributed by atoms with Crippen molar-refractivity contribution in [3.63, 3.8) is 0 Å². The molecule has 5 aromatic rings. The van der Waals surface area contributed by atoms with Gasteiger partial charge in [-0.3, -0.25) is 4.79 Å². The van der Waals surface area contributed by atoms with Gasteiger partial charge in [-0.1, -0.05) is 24.3 Å². The second kappa shape index (κ2) is 7.32. The Hall–Kier alpha value is -4.07. The van der Waals surface area contributed by atoms with Gasteiger partial charge in [0.25, 0.3) is 5.56 Å². The first kappa shape index (κ1) is 18.9. The van der Waals surface area contributed by atoms with E-state index in [-0.39, 0.29) is 23.8 Å². The molecule has 0 aliphatic carbocycles. The van der Waals surface area contributed by atoms with E-state index in [4.69, 9.17) is 4.74 Å². The smallest absolute Gasteiger partial charge is 0.291 e. The Morgan fingerprint density at radius 2 is 1.84 bits per heavy atom. The van der Waals surface area contributed by atoms with Crippen LogP contribution in [-0.4, -0.2) is 19.3 Å². The van der Waals surface area contributed by atoms with E-state index >= 15 is 0 Å². The zero-order valence-corrected chi connectivity index (χ0v) is 16.4. The lowest BCUT2D eigenvalue weighted by molar-refractivity contribution is 0.446. The Morgan fingerprint density at radius 1 is 1.00 bits per heavy atom. The lowest BCUT2D eigenvalue weighted by Crippen LogP contribution is -2.24. The molecular formula is C23H16F2N4O2. The second-order valence-electron chi connectivity index (χ2n) is 7.10. The van der Waals surface area contributed by atoms with Crippen molar-refractivity contribution < 1.29 is 13.5 Å². The molecule has 0 bridgehead atoms. The van der Waals surface area contributed by atoms with Gasteiger partial charge in [0.15, 0.2) is 0 Å². The van der Waals surface area contributed by atoms with Crippen LogP contribution in [0.5, 0.6) is 11.6 Å². The summed E-state index contributed by atoms with van der Waals surface area (Å²) in [4.78, 5) is 16.8. The van der Waals surface area contributed by atoms with Gasteiger partial charge in [-0.2, -0.15) is 14.5 Å². The minimum atomic E-state index is -0.636. The first-order chi connectivity index (χ1) is 15.0. The molecule has 0 spiro atoms. The monoisotopic (exact) mass is 418 g/mol. The maximum absolute atomic E-state index is 14.0. The van der Waals surface area contributed by atoms with E-state index in [1.165, 1.54) is 22.9 Å². The molecule has 6 nitrogen and oxygen atoms in total. The number of rotatable bonds is 4. The second-order valence-corrected chi connectivity index (χ2v) is 7.10. The summed E-state index contributed by atoms with van der Waals surface area (Å²) in [5.74, 6) is -0.442. The predicted octanol–water partition coefficient (Wildman–Crippen LogP) is 4.40. The van der Waals surface area contributed by atoms with Gasteiger partial charge in [-0.15, -0.1) is 0 Å². The summed E-state index contributed by atoms with van der Waals surface area (Å²) in [6.07, 6.45) is 1.59. The van der Waals surface area contributed by atoms with Crippen LogP contribution in [0.15, 0.2) is 71.7 Å². The van der Waals surface area contributed by atoms with Gasteiger partial charge >= 0.3 is 0 Å². The van der Waals surface area contributed by atoms with E-state index in [9.17, 15) is 13.6 Å². The summed E-state index contributed by atoms with van der Waals surface area (Å²) >= 11 is 0. The zero-order valence-electron chi connectivity index (χ0n) is 16.4. The molecule has 0 amide bonds. The number of ether oxygens (including phenoxy) is 1. The Morgan fingerprint density at radius 3 is 2.65 bits per heavy atom. The van der Waals surface area contributed by atoms with Crippen LogP contribution in [-0.2, 0) is 13.6 Å². The van der Waals surface area contributed by atoms with Crippen molar-refractivity contribution in [2.24, 2.45) is 7.05 Å². The van der Waals surface area contributed by atoms with Gasteiger partial charge in [0.2, 0.25) is 11.8 Å². The molecule has 31 heavy (non-hydrogen) atoms. The zero-order chi connectivity index (χ0) is 21.5. The van der Waals surface area contributed by atoms with E-state index in [0.29, 0.717) is 22.2 Å². The number of hydrogen-bond acceptors (Lipinski definition) is 4. The maximum Gasteiger partial charge on any atom is 0.291 e. The third-order valence-electron chi connectivity index (χ3n) is 5.16. The Balaban J connectivity index is 1.60. The number of nitrogens with zero attached hydrogens (tertiary/aromatic N) is 4. The lowest BCUT2D eigenvalue weighted by atomic mass is 10.2. The number of aromatic nitrogens is 4. The SMILES string of the molecule is Cn1c2ccc(Oc3cccc(F)n3)cc2c2cnn(Cc3ccccc3F)c(=O)c21. The Kier molecular flexibility index (Phi) is 4.47. The van der Waals surface area contributed by atoms with Crippen molar-refractivity contribution in [2.45, 2.75) is 6.54 Å². The first-order valence-corrected chi connectivity index (χ1v) is 9.53. The molecule has 2 aromatic carbocycles. The fraction of sp³-hybridized carbons (Fsp3) is 0.0870. The number of halogens is 2. The minimum Gasteiger partial charge on any atom is -0.439 e. The van der Waals surface area contributed by atoms with Gasteiger partial charge in [0.1, 0.15) is 17.1 Å². The average molecular weight is 418 g/mol. The molecule has 5 rings (SSSR count). The molecule has 3 aromatic heterocycles. The van der Waals surface area contributed by atoms with Gasteiger partial charge in [-0.05, 0) is 30.3 Å². The van der Waals surface area contributed by atoms with E-state index in [1.807, 2.05) is 6.07 Å². The Labute approximate surface area is 175 Å². The van der Waals surface area contributed by atoms with Gasteiger partial charge < -0.3 is 9.30 Å². The Bertz CT molecular complexity index is 1510. The summed E-state index contributed by atoms with van der Waals surface area (Å²) in [5.41, 5.74) is 1.31. The molecular weight excluding hydrogens is 402 g/mol.